The predicted octanol–water partition coefficient (Wildman–Crippen LogP) is 1.72. The molecule has 14 heavy (non-hydrogen) atoms. The quantitative estimate of drug-likeness (QED) is 0.682. The van der Waals surface area contributed by atoms with Gasteiger partial charge < -0.3 is 4.90 Å². The number of aromatic nitrogens is 3. The number of rotatable bonds is 1. The second-order valence-electron chi connectivity index (χ2n) is 3.07. The van der Waals surface area contributed by atoms with Gasteiger partial charge in [0.05, 0.1) is 0 Å². The van der Waals surface area contributed by atoms with Crippen molar-refractivity contribution in [2.45, 2.75) is 34.1 Å². The van der Waals surface area contributed by atoms with Gasteiger partial charge in [0.2, 0.25) is 5.95 Å². The van der Waals surface area contributed by atoms with E-state index in [1.807, 2.05) is 27.7 Å². The van der Waals surface area contributed by atoms with Gasteiger partial charge in [0.25, 0.3) is 0 Å². The summed E-state index contributed by atoms with van der Waals surface area (Å²) in [6.07, 6.45) is 1.25. The van der Waals surface area contributed by atoms with Crippen molar-refractivity contribution in [2.24, 2.45) is 0 Å². The number of anilines is 1. The van der Waals surface area contributed by atoms with E-state index in [4.69, 9.17) is 0 Å². The van der Waals surface area contributed by atoms with Crippen molar-refractivity contribution in [3.8, 4) is 0 Å². The topological polar surface area (TPSA) is 41.9 Å². The third-order valence-corrected chi connectivity index (χ3v) is 1.99. The maximum Gasteiger partial charge on any atom is 0.228 e. The molecule has 4 heteroatoms. The summed E-state index contributed by atoms with van der Waals surface area (Å²) in [5, 5.41) is 0. The Morgan fingerprint density at radius 1 is 0.929 bits per heavy atom. The fourth-order valence-corrected chi connectivity index (χ4v) is 1.26. The van der Waals surface area contributed by atoms with Crippen molar-refractivity contribution in [3.05, 3.63) is 11.6 Å². The highest BCUT2D eigenvalue weighted by Gasteiger charge is 2.17. The van der Waals surface area contributed by atoms with E-state index in [0.717, 1.165) is 30.7 Å². The van der Waals surface area contributed by atoms with Crippen LogP contribution in [0.3, 0.4) is 0 Å². The van der Waals surface area contributed by atoms with Crippen molar-refractivity contribution in [1.29, 1.82) is 0 Å². The third kappa shape index (κ3) is 2.40. The molecule has 0 spiro atoms. The fourth-order valence-electron chi connectivity index (χ4n) is 1.26. The van der Waals surface area contributed by atoms with Crippen molar-refractivity contribution in [2.75, 3.05) is 18.0 Å². The van der Waals surface area contributed by atoms with E-state index in [1.165, 1.54) is 6.42 Å². The summed E-state index contributed by atoms with van der Waals surface area (Å²) in [6.45, 7) is 9.97. The summed E-state index contributed by atoms with van der Waals surface area (Å²) in [5.74, 6) is 2.46. The molecular formula is C10H18N4. The average Bonchev–Trinajstić information content (AvgIpc) is 2.02. The van der Waals surface area contributed by atoms with E-state index in [0.29, 0.717) is 0 Å². The first-order valence-electron chi connectivity index (χ1n) is 5.20. The zero-order valence-electron chi connectivity index (χ0n) is 9.41. The Kier molecular flexibility index (Phi) is 3.80. The Bertz CT molecular complexity index is 274. The minimum atomic E-state index is 0.810. The van der Waals surface area contributed by atoms with Gasteiger partial charge in [0.15, 0.2) is 0 Å². The third-order valence-electron chi connectivity index (χ3n) is 1.99. The largest absolute Gasteiger partial charge is 0.341 e. The number of hydrogen-bond acceptors (Lipinski definition) is 4. The van der Waals surface area contributed by atoms with Crippen LogP contribution in [0.15, 0.2) is 0 Å². The van der Waals surface area contributed by atoms with Crippen LogP contribution in [0, 0.1) is 13.8 Å². The smallest absolute Gasteiger partial charge is 0.228 e. The molecule has 0 saturated carbocycles. The first kappa shape index (κ1) is 10.9. The summed E-state index contributed by atoms with van der Waals surface area (Å²) in [7, 11) is 0. The molecule has 1 aromatic heterocycles. The zero-order chi connectivity index (χ0) is 10.6. The molecule has 0 atom stereocenters. The highest BCUT2D eigenvalue weighted by atomic mass is 15.3. The second-order valence-corrected chi connectivity index (χ2v) is 3.07. The van der Waals surface area contributed by atoms with Crippen LogP contribution in [0.5, 0.6) is 0 Å². The molecule has 0 aliphatic carbocycles. The van der Waals surface area contributed by atoms with E-state index in [-0.39, 0.29) is 0 Å². The maximum atomic E-state index is 4.26. The maximum absolute atomic E-state index is 4.26. The number of hydrogen-bond donors (Lipinski definition) is 0. The van der Waals surface area contributed by atoms with Crippen LogP contribution < -0.4 is 4.90 Å². The minimum Gasteiger partial charge on any atom is -0.341 e. The Balaban J connectivity index is 0.000000461. The van der Waals surface area contributed by atoms with Gasteiger partial charge in [-0.05, 0) is 20.3 Å². The van der Waals surface area contributed by atoms with Gasteiger partial charge in [0.1, 0.15) is 11.6 Å². The first-order chi connectivity index (χ1) is 6.75. The van der Waals surface area contributed by atoms with Gasteiger partial charge in [-0.2, -0.15) is 9.97 Å². The molecule has 78 valence electrons. The zero-order valence-corrected chi connectivity index (χ0v) is 9.41. The number of aryl methyl sites for hydroxylation is 2. The Morgan fingerprint density at radius 3 is 1.79 bits per heavy atom. The molecule has 0 N–H and O–H groups in total. The molecule has 0 aromatic carbocycles. The van der Waals surface area contributed by atoms with E-state index >= 15 is 0 Å². The molecule has 2 heterocycles. The lowest BCUT2D eigenvalue weighted by molar-refractivity contribution is 0.595. The molecule has 0 amide bonds. The summed E-state index contributed by atoms with van der Waals surface area (Å²) in [5.41, 5.74) is 0. The molecule has 0 radical (unpaired) electrons. The van der Waals surface area contributed by atoms with Crippen molar-refractivity contribution < 1.29 is 0 Å². The lowest BCUT2D eigenvalue weighted by atomic mass is 10.2. The molecule has 2 rings (SSSR count). The Labute approximate surface area is 85.4 Å². The van der Waals surface area contributed by atoms with Gasteiger partial charge in [-0.1, -0.05) is 13.8 Å². The average molecular weight is 194 g/mol. The molecule has 0 bridgehead atoms. The van der Waals surface area contributed by atoms with Crippen molar-refractivity contribution in [3.63, 3.8) is 0 Å². The van der Waals surface area contributed by atoms with Crippen LogP contribution in [0.4, 0.5) is 5.95 Å². The van der Waals surface area contributed by atoms with Gasteiger partial charge in [-0.3, -0.25) is 0 Å². The molecule has 0 unspecified atom stereocenters. The second kappa shape index (κ2) is 4.88. The highest BCUT2D eigenvalue weighted by molar-refractivity contribution is 5.32. The fraction of sp³-hybridized carbons (Fsp3) is 0.700. The molecule has 1 saturated heterocycles. The van der Waals surface area contributed by atoms with Crippen LogP contribution in [-0.4, -0.2) is 28.0 Å². The van der Waals surface area contributed by atoms with E-state index in [2.05, 4.69) is 19.9 Å². The standard InChI is InChI=1S/C8H12N4.C2H6/c1-6-9-7(2)11-8(10-6)12-4-3-5-12;1-2/h3-5H2,1-2H3;1-2H3. The van der Waals surface area contributed by atoms with Gasteiger partial charge in [0, 0.05) is 13.1 Å². The van der Waals surface area contributed by atoms with Crippen LogP contribution in [0.2, 0.25) is 0 Å². The summed E-state index contributed by atoms with van der Waals surface area (Å²) in [4.78, 5) is 14.8. The van der Waals surface area contributed by atoms with Crippen LogP contribution >= 0.6 is 0 Å². The SMILES string of the molecule is CC.Cc1nc(C)nc(N2CCC2)n1. The summed E-state index contributed by atoms with van der Waals surface area (Å²) in [6, 6.07) is 0. The summed E-state index contributed by atoms with van der Waals surface area (Å²) < 4.78 is 0. The normalized spacial score (nSPS) is 14.1. The predicted molar refractivity (Wildman–Crippen MR) is 57.5 cm³/mol. The van der Waals surface area contributed by atoms with Crippen LogP contribution in [-0.2, 0) is 0 Å². The van der Waals surface area contributed by atoms with E-state index in [9.17, 15) is 0 Å². The molecule has 1 aromatic rings. The monoisotopic (exact) mass is 194 g/mol. The van der Waals surface area contributed by atoms with Crippen molar-refractivity contribution >= 4 is 5.95 Å². The van der Waals surface area contributed by atoms with Crippen molar-refractivity contribution in [1.82, 2.24) is 15.0 Å². The van der Waals surface area contributed by atoms with Gasteiger partial charge >= 0.3 is 0 Å². The highest BCUT2D eigenvalue weighted by Crippen LogP contribution is 2.14. The van der Waals surface area contributed by atoms with Gasteiger partial charge in [-0.25, -0.2) is 4.98 Å². The lowest BCUT2D eigenvalue weighted by Gasteiger charge is -2.30. The molecule has 1 aliphatic rings. The minimum absolute atomic E-state index is 0.810. The van der Waals surface area contributed by atoms with E-state index < -0.39 is 0 Å². The first-order valence-corrected chi connectivity index (χ1v) is 5.20. The molecular weight excluding hydrogens is 176 g/mol. The molecule has 4 nitrogen and oxygen atoms in total. The number of nitrogens with zero attached hydrogens (tertiary/aromatic N) is 4. The molecule has 1 aliphatic heterocycles. The Hall–Kier alpha value is -1.19. The lowest BCUT2D eigenvalue weighted by Crippen LogP contribution is -2.38. The van der Waals surface area contributed by atoms with E-state index in [1.54, 1.807) is 0 Å². The molecule has 1 fully saturated rings. The van der Waals surface area contributed by atoms with Gasteiger partial charge in [-0.15, -0.1) is 0 Å². The van der Waals surface area contributed by atoms with Crippen LogP contribution in [0.1, 0.15) is 31.9 Å². The summed E-state index contributed by atoms with van der Waals surface area (Å²) >= 11 is 0. The van der Waals surface area contributed by atoms with Crippen LogP contribution in [0.25, 0.3) is 0 Å². The Morgan fingerprint density at radius 2 is 1.43 bits per heavy atom.